The third-order valence-electron chi connectivity index (χ3n) is 4.05. The van der Waals surface area contributed by atoms with Crippen molar-refractivity contribution in [1.82, 2.24) is 9.80 Å². The predicted octanol–water partition coefficient (Wildman–Crippen LogP) is 2.25. The number of carboxylic acid groups (broad SMARTS) is 1. The standard InChI is InChI=1S/C17H22N2O4S/c1-11(2)15-16(22)19(17(23)18(15)10-14(20)21)13(24)9-8-12-6-4-3-5-7-12/h3-7,11,13,15,24H,8-10H2,1-2H3,(H,20,21). The molecule has 1 aromatic rings. The molecule has 0 aliphatic carbocycles. The topological polar surface area (TPSA) is 77.9 Å². The number of amides is 3. The zero-order valence-corrected chi connectivity index (χ0v) is 14.6. The molecule has 0 aromatic heterocycles. The summed E-state index contributed by atoms with van der Waals surface area (Å²) in [5.74, 6) is -1.67. The number of aryl methyl sites for hydroxylation is 1. The van der Waals surface area contributed by atoms with Crippen LogP contribution in [-0.2, 0) is 16.0 Å². The molecular formula is C17H22N2O4S. The number of benzene rings is 1. The van der Waals surface area contributed by atoms with Gasteiger partial charge in [-0.05, 0) is 24.3 Å². The van der Waals surface area contributed by atoms with E-state index in [0.717, 1.165) is 15.4 Å². The summed E-state index contributed by atoms with van der Waals surface area (Å²) in [6, 6.07) is 8.40. The Kier molecular flexibility index (Phi) is 5.88. The van der Waals surface area contributed by atoms with Crippen LogP contribution in [0.15, 0.2) is 30.3 Å². The van der Waals surface area contributed by atoms with Crippen LogP contribution in [0.5, 0.6) is 0 Å². The molecule has 3 amide bonds. The van der Waals surface area contributed by atoms with Crippen molar-refractivity contribution in [2.24, 2.45) is 5.92 Å². The van der Waals surface area contributed by atoms with Gasteiger partial charge in [0, 0.05) is 0 Å². The molecule has 6 nitrogen and oxygen atoms in total. The average molecular weight is 350 g/mol. The van der Waals surface area contributed by atoms with Crippen LogP contribution in [0, 0.1) is 5.92 Å². The van der Waals surface area contributed by atoms with Crippen LogP contribution >= 0.6 is 12.6 Å². The van der Waals surface area contributed by atoms with E-state index in [1.165, 1.54) is 0 Å². The van der Waals surface area contributed by atoms with Crippen LogP contribution in [0.3, 0.4) is 0 Å². The lowest BCUT2D eigenvalue weighted by Crippen LogP contribution is -2.42. The third-order valence-corrected chi connectivity index (χ3v) is 4.54. The van der Waals surface area contributed by atoms with Gasteiger partial charge in [-0.15, -0.1) is 0 Å². The van der Waals surface area contributed by atoms with Crippen molar-refractivity contribution in [2.75, 3.05) is 6.54 Å². The minimum Gasteiger partial charge on any atom is -0.480 e. The second-order valence-corrected chi connectivity index (χ2v) is 6.80. The van der Waals surface area contributed by atoms with Gasteiger partial charge in [-0.1, -0.05) is 44.2 Å². The molecular weight excluding hydrogens is 328 g/mol. The lowest BCUT2D eigenvalue weighted by molar-refractivity contribution is -0.138. The maximum absolute atomic E-state index is 12.6. The number of hydrogen-bond acceptors (Lipinski definition) is 4. The molecule has 130 valence electrons. The maximum Gasteiger partial charge on any atom is 0.328 e. The van der Waals surface area contributed by atoms with E-state index in [9.17, 15) is 14.4 Å². The number of urea groups is 1. The molecule has 1 N–H and O–H groups in total. The third kappa shape index (κ3) is 3.90. The highest BCUT2D eigenvalue weighted by Gasteiger charge is 2.48. The average Bonchev–Trinajstić information content (AvgIpc) is 2.76. The number of imide groups is 1. The number of aliphatic carboxylic acids is 1. The number of carboxylic acids is 1. The Hall–Kier alpha value is -2.02. The van der Waals surface area contributed by atoms with Crippen LogP contribution < -0.4 is 0 Å². The molecule has 1 fully saturated rings. The molecule has 24 heavy (non-hydrogen) atoms. The summed E-state index contributed by atoms with van der Waals surface area (Å²) >= 11 is 4.42. The first-order valence-electron chi connectivity index (χ1n) is 7.90. The van der Waals surface area contributed by atoms with Gasteiger partial charge in [-0.3, -0.25) is 9.59 Å². The van der Waals surface area contributed by atoms with Crippen molar-refractivity contribution in [2.45, 2.75) is 38.1 Å². The molecule has 7 heteroatoms. The van der Waals surface area contributed by atoms with Gasteiger partial charge in [0.1, 0.15) is 12.6 Å². The van der Waals surface area contributed by atoms with E-state index in [2.05, 4.69) is 12.6 Å². The largest absolute Gasteiger partial charge is 0.480 e. The Morgan fingerprint density at radius 3 is 2.42 bits per heavy atom. The van der Waals surface area contributed by atoms with Crippen LogP contribution in [0.4, 0.5) is 4.79 Å². The van der Waals surface area contributed by atoms with Crippen molar-refractivity contribution in [3.05, 3.63) is 35.9 Å². The van der Waals surface area contributed by atoms with Crippen molar-refractivity contribution in [1.29, 1.82) is 0 Å². The highest BCUT2D eigenvalue weighted by atomic mass is 32.1. The highest BCUT2D eigenvalue weighted by molar-refractivity contribution is 7.80. The summed E-state index contributed by atoms with van der Waals surface area (Å²) < 4.78 is 0. The molecule has 0 bridgehead atoms. The molecule has 1 heterocycles. The van der Waals surface area contributed by atoms with Crippen molar-refractivity contribution < 1.29 is 19.5 Å². The SMILES string of the molecule is CC(C)C1C(=O)N(C(S)CCc2ccccc2)C(=O)N1CC(=O)O. The fourth-order valence-corrected chi connectivity index (χ4v) is 3.27. The normalized spacial score (nSPS) is 19.2. The van der Waals surface area contributed by atoms with E-state index in [4.69, 9.17) is 5.11 Å². The van der Waals surface area contributed by atoms with Crippen LogP contribution in [-0.4, -0.2) is 50.8 Å². The van der Waals surface area contributed by atoms with Gasteiger partial charge in [0.2, 0.25) is 0 Å². The molecule has 0 saturated carbocycles. The minimum absolute atomic E-state index is 0.166. The number of rotatable bonds is 7. The van der Waals surface area contributed by atoms with E-state index in [-0.39, 0.29) is 11.8 Å². The number of thiol groups is 1. The molecule has 2 rings (SSSR count). The summed E-state index contributed by atoms with van der Waals surface area (Å²) in [6.07, 6.45) is 1.19. The second kappa shape index (κ2) is 7.70. The van der Waals surface area contributed by atoms with E-state index < -0.39 is 30.0 Å². The van der Waals surface area contributed by atoms with Gasteiger partial charge in [0.25, 0.3) is 5.91 Å². The van der Waals surface area contributed by atoms with Crippen molar-refractivity contribution >= 4 is 30.5 Å². The fourth-order valence-electron chi connectivity index (χ4n) is 2.93. The quantitative estimate of drug-likeness (QED) is 0.584. The lowest BCUT2D eigenvalue weighted by Gasteiger charge is -2.22. The van der Waals surface area contributed by atoms with E-state index in [0.29, 0.717) is 12.8 Å². The van der Waals surface area contributed by atoms with Crippen molar-refractivity contribution in [3.8, 4) is 0 Å². The molecule has 2 atom stereocenters. The van der Waals surface area contributed by atoms with E-state index in [1.54, 1.807) is 13.8 Å². The first kappa shape index (κ1) is 18.3. The summed E-state index contributed by atoms with van der Waals surface area (Å²) in [4.78, 5) is 38.4. The molecule has 1 aliphatic heterocycles. The molecule has 2 unspecified atom stereocenters. The highest BCUT2D eigenvalue weighted by Crippen LogP contribution is 2.28. The smallest absolute Gasteiger partial charge is 0.328 e. The molecule has 0 radical (unpaired) electrons. The lowest BCUT2D eigenvalue weighted by atomic mass is 10.0. The first-order chi connectivity index (χ1) is 11.3. The summed E-state index contributed by atoms with van der Waals surface area (Å²) in [5, 5.41) is 8.43. The Bertz CT molecular complexity index is 620. The van der Waals surface area contributed by atoms with E-state index >= 15 is 0 Å². The molecule has 1 saturated heterocycles. The summed E-state index contributed by atoms with van der Waals surface area (Å²) in [7, 11) is 0. The maximum atomic E-state index is 12.6. The molecule has 1 aromatic carbocycles. The van der Waals surface area contributed by atoms with E-state index in [1.807, 2.05) is 30.3 Å². The van der Waals surface area contributed by atoms with Crippen LogP contribution in [0.1, 0.15) is 25.8 Å². The minimum atomic E-state index is -1.14. The van der Waals surface area contributed by atoms with Gasteiger partial charge in [-0.25, -0.2) is 9.69 Å². The fraction of sp³-hybridized carbons (Fsp3) is 0.471. The van der Waals surface area contributed by atoms with Gasteiger partial charge >= 0.3 is 12.0 Å². The monoisotopic (exact) mass is 350 g/mol. The Morgan fingerprint density at radius 2 is 1.88 bits per heavy atom. The Labute approximate surface area is 146 Å². The zero-order valence-electron chi connectivity index (χ0n) is 13.8. The number of carbonyl (C=O) groups excluding carboxylic acids is 2. The Morgan fingerprint density at radius 1 is 1.25 bits per heavy atom. The number of nitrogens with zero attached hydrogens (tertiary/aromatic N) is 2. The van der Waals surface area contributed by atoms with Crippen LogP contribution in [0.2, 0.25) is 0 Å². The number of hydrogen-bond donors (Lipinski definition) is 2. The zero-order chi connectivity index (χ0) is 17.9. The van der Waals surface area contributed by atoms with Crippen molar-refractivity contribution in [3.63, 3.8) is 0 Å². The van der Waals surface area contributed by atoms with Gasteiger partial charge in [-0.2, -0.15) is 12.6 Å². The van der Waals surface area contributed by atoms with Crippen LogP contribution in [0.25, 0.3) is 0 Å². The van der Waals surface area contributed by atoms with Gasteiger partial charge in [0.05, 0.1) is 5.37 Å². The first-order valence-corrected chi connectivity index (χ1v) is 8.42. The summed E-state index contributed by atoms with van der Waals surface area (Å²) in [6.45, 7) is 3.11. The summed E-state index contributed by atoms with van der Waals surface area (Å²) in [5.41, 5.74) is 1.10. The Balaban J connectivity index is 2.11. The predicted molar refractivity (Wildman–Crippen MR) is 92.7 cm³/mol. The van der Waals surface area contributed by atoms with Gasteiger partial charge < -0.3 is 10.0 Å². The molecule has 1 aliphatic rings. The van der Waals surface area contributed by atoms with Gasteiger partial charge in [0.15, 0.2) is 0 Å². The second-order valence-electron chi connectivity index (χ2n) is 6.21. The molecule has 0 spiro atoms. The number of carbonyl (C=O) groups is 3.